The van der Waals surface area contributed by atoms with E-state index in [0.29, 0.717) is 22.9 Å². The van der Waals surface area contributed by atoms with E-state index in [2.05, 4.69) is 15.3 Å². The third-order valence-corrected chi connectivity index (χ3v) is 6.63. The average molecular weight is 441 g/mol. The number of hydrogen-bond acceptors (Lipinski definition) is 4. The zero-order valence-corrected chi connectivity index (χ0v) is 19.0. The van der Waals surface area contributed by atoms with Gasteiger partial charge in [-0.25, -0.2) is 9.97 Å². The Balaban J connectivity index is 1.42. The van der Waals surface area contributed by atoms with Gasteiger partial charge >= 0.3 is 0 Å². The summed E-state index contributed by atoms with van der Waals surface area (Å²) in [6, 6.07) is 13.7. The fourth-order valence-electron chi connectivity index (χ4n) is 4.84. The van der Waals surface area contributed by atoms with Gasteiger partial charge in [-0.1, -0.05) is 43.5 Å². The third-order valence-electron chi connectivity index (χ3n) is 6.63. The lowest BCUT2D eigenvalue weighted by atomic mass is 9.87. The smallest absolute Gasteiger partial charge is 0.256 e. The van der Waals surface area contributed by atoms with Gasteiger partial charge in [-0.3, -0.25) is 9.20 Å². The van der Waals surface area contributed by atoms with Crippen LogP contribution in [0.25, 0.3) is 16.9 Å². The predicted molar refractivity (Wildman–Crippen MR) is 130 cm³/mol. The number of carbonyl (C=O) groups excluding carboxylic acids is 1. The summed E-state index contributed by atoms with van der Waals surface area (Å²) in [4.78, 5) is 22.2. The summed E-state index contributed by atoms with van der Waals surface area (Å²) in [5.41, 5.74) is 5.42. The van der Waals surface area contributed by atoms with E-state index in [1.54, 1.807) is 13.3 Å². The van der Waals surface area contributed by atoms with Crippen LogP contribution in [0.3, 0.4) is 0 Å². The van der Waals surface area contributed by atoms with Crippen LogP contribution in [0.15, 0.2) is 61.1 Å². The molecule has 0 atom stereocenters. The van der Waals surface area contributed by atoms with Crippen LogP contribution in [0.4, 0.5) is 5.69 Å². The lowest BCUT2D eigenvalue weighted by Crippen LogP contribution is -2.15. The van der Waals surface area contributed by atoms with Crippen molar-refractivity contribution in [3.05, 3.63) is 77.9 Å². The average Bonchev–Trinajstić information content (AvgIpc) is 3.28. The summed E-state index contributed by atoms with van der Waals surface area (Å²) in [5, 5.41) is 3.04. The van der Waals surface area contributed by atoms with Crippen molar-refractivity contribution < 1.29 is 9.53 Å². The van der Waals surface area contributed by atoms with Crippen LogP contribution in [0.2, 0.25) is 0 Å². The van der Waals surface area contributed by atoms with Crippen LogP contribution in [-0.4, -0.2) is 27.4 Å². The maximum absolute atomic E-state index is 13.2. The Hall–Kier alpha value is -3.67. The van der Waals surface area contributed by atoms with Crippen LogP contribution >= 0.6 is 0 Å². The molecule has 1 aliphatic rings. The van der Waals surface area contributed by atoms with E-state index in [-0.39, 0.29) is 5.91 Å². The van der Waals surface area contributed by atoms with Crippen LogP contribution in [0.1, 0.15) is 59.6 Å². The first-order valence-corrected chi connectivity index (χ1v) is 11.5. The predicted octanol–water partition coefficient (Wildman–Crippen LogP) is 6.01. The Labute approximate surface area is 193 Å². The molecule has 1 amide bonds. The van der Waals surface area contributed by atoms with E-state index in [9.17, 15) is 4.79 Å². The topological polar surface area (TPSA) is 68.5 Å². The number of nitrogens with zero attached hydrogens (tertiary/aromatic N) is 3. The van der Waals surface area contributed by atoms with Crippen molar-refractivity contribution in [1.29, 1.82) is 0 Å². The monoisotopic (exact) mass is 440 g/mol. The minimum Gasteiger partial charge on any atom is -0.497 e. The van der Waals surface area contributed by atoms with Gasteiger partial charge in [0.05, 0.1) is 25.2 Å². The molecular formula is C27H28N4O2. The number of benzene rings is 2. The Kier molecular flexibility index (Phi) is 5.82. The first kappa shape index (κ1) is 21.2. The van der Waals surface area contributed by atoms with Gasteiger partial charge < -0.3 is 10.1 Å². The number of aromatic nitrogens is 3. The number of imidazole rings is 1. The first-order valence-electron chi connectivity index (χ1n) is 11.5. The van der Waals surface area contributed by atoms with Gasteiger partial charge in [0.25, 0.3) is 5.91 Å². The minimum absolute atomic E-state index is 0.155. The fourth-order valence-corrected chi connectivity index (χ4v) is 4.84. The van der Waals surface area contributed by atoms with E-state index in [1.807, 2.05) is 66.2 Å². The lowest BCUT2D eigenvalue weighted by molar-refractivity contribution is 0.102. The van der Waals surface area contributed by atoms with Crippen molar-refractivity contribution in [3.8, 4) is 16.9 Å². The number of carbonyl (C=O) groups is 1. The van der Waals surface area contributed by atoms with Crippen molar-refractivity contribution in [2.75, 3.05) is 12.4 Å². The maximum atomic E-state index is 13.2. The van der Waals surface area contributed by atoms with E-state index in [1.165, 1.54) is 37.8 Å². The fraction of sp³-hybridized carbons (Fsp3) is 0.296. The van der Waals surface area contributed by atoms with Gasteiger partial charge in [-0.15, -0.1) is 0 Å². The molecule has 6 heteroatoms. The number of amides is 1. The summed E-state index contributed by atoms with van der Waals surface area (Å²) >= 11 is 0. The quantitative estimate of drug-likeness (QED) is 0.412. The Morgan fingerprint density at radius 3 is 2.67 bits per heavy atom. The van der Waals surface area contributed by atoms with Crippen LogP contribution in [0, 0.1) is 6.92 Å². The number of fused-ring (bicyclic) bond motifs is 1. The second-order valence-corrected chi connectivity index (χ2v) is 8.69. The molecule has 1 aliphatic carbocycles. The summed E-state index contributed by atoms with van der Waals surface area (Å²) < 4.78 is 7.39. The van der Waals surface area contributed by atoms with Crippen LogP contribution in [-0.2, 0) is 0 Å². The molecule has 0 spiro atoms. The highest BCUT2D eigenvalue weighted by Crippen LogP contribution is 2.33. The van der Waals surface area contributed by atoms with E-state index in [0.717, 1.165) is 22.4 Å². The zero-order chi connectivity index (χ0) is 22.8. The number of hydrogen-bond donors (Lipinski definition) is 1. The van der Waals surface area contributed by atoms with Gasteiger partial charge in [-0.05, 0) is 54.7 Å². The molecule has 1 saturated carbocycles. The molecule has 4 aromatic rings. The van der Waals surface area contributed by atoms with Crippen LogP contribution in [0.5, 0.6) is 5.75 Å². The molecule has 0 unspecified atom stereocenters. The molecule has 33 heavy (non-hydrogen) atoms. The highest BCUT2D eigenvalue weighted by molar-refractivity contribution is 6.06. The molecule has 1 fully saturated rings. The summed E-state index contributed by atoms with van der Waals surface area (Å²) in [7, 11) is 1.65. The first-order chi connectivity index (χ1) is 16.1. The molecule has 2 aromatic heterocycles. The minimum atomic E-state index is -0.155. The van der Waals surface area contributed by atoms with E-state index >= 15 is 0 Å². The third kappa shape index (κ3) is 4.21. The second-order valence-electron chi connectivity index (χ2n) is 8.69. The molecular weight excluding hydrogens is 412 g/mol. The lowest BCUT2D eigenvalue weighted by Gasteiger charge is -2.21. The molecule has 0 saturated heterocycles. The van der Waals surface area contributed by atoms with Crippen molar-refractivity contribution in [3.63, 3.8) is 0 Å². The van der Waals surface area contributed by atoms with Crippen molar-refractivity contribution >= 4 is 17.4 Å². The molecule has 168 valence electrons. The zero-order valence-electron chi connectivity index (χ0n) is 19.0. The largest absolute Gasteiger partial charge is 0.497 e. The SMILES string of the molecule is COc1cccc(-c2cccc(C(=O)Nc3cnc4ncc(C5CCCCC5)n4c3)c2C)c1. The van der Waals surface area contributed by atoms with E-state index in [4.69, 9.17) is 4.74 Å². The molecule has 0 radical (unpaired) electrons. The number of rotatable bonds is 5. The second kappa shape index (κ2) is 9.06. The van der Waals surface area contributed by atoms with E-state index < -0.39 is 0 Å². The van der Waals surface area contributed by atoms with Gasteiger partial charge in [0.2, 0.25) is 5.78 Å². The normalized spacial score (nSPS) is 14.4. The van der Waals surface area contributed by atoms with Gasteiger partial charge in [0.1, 0.15) is 5.75 Å². The number of ether oxygens (including phenoxy) is 1. The molecule has 0 aliphatic heterocycles. The molecule has 2 aromatic carbocycles. The molecule has 1 N–H and O–H groups in total. The molecule has 2 heterocycles. The summed E-state index contributed by atoms with van der Waals surface area (Å²) in [5.74, 6) is 1.81. The molecule has 6 nitrogen and oxygen atoms in total. The van der Waals surface area contributed by atoms with Crippen molar-refractivity contribution in [1.82, 2.24) is 14.4 Å². The van der Waals surface area contributed by atoms with Gasteiger partial charge in [0, 0.05) is 23.4 Å². The van der Waals surface area contributed by atoms with Gasteiger partial charge in [-0.2, -0.15) is 0 Å². The van der Waals surface area contributed by atoms with Crippen LogP contribution < -0.4 is 10.1 Å². The number of nitrogens with one attached hydrogen (secondary N) is 1. The molecule has 5 rings (SSSR count). The summed E-state index contributed by atoms with van der Waals surface area (Å²) in [6.07, 6.45) is 11.7. The molecule has 0 bridgehead atoms. The van der Waals surface area contributed by atoms with Crippen molar-refractivity contribution in [2.45, 2.75) is 44.9 Å². The number of anilines is 1. The number of methoxy groups -OCH3 is 1. The summed E-state index contributed by atoms with van der Waals surface area (Å²) in [6.45, 7) is 1.97. The van der Waals surface area contributed by atoms with Gasteiger partial charge in [0.15, 0.2) is 0 Å². The Morgan fingerprint density at radius 2 is 1.85 bits per heavy atom. The maximum Gasteiger partial charge on any atom is 0.256 e. The standard InChI is InChI=1S/C27H28N4O2/c1-18-23(20-10-6-11-22(14-20)33-2)12-7-13-24(18)26(32)30-21-15-28-27-29-16-25(31(27)17-21)19-8-4-3-5-9-19/h6-7,10-17,19H,3-5,8-9H2,1-2H3,(H,30,32). The van der Waals surface area contributed by atoms with Crippen molar-refractivity contribution in [2.24, 2.45) is 0 Å². The Morgan fingerprint density at radius 1 is 1.06 bits per heavy atom. The highest BCUT2D eigenvalue weighted by atomic mass is 16.5. The Bertz CT molecular complexity index is 1300. The highest BCUT2D eigenvalue weighted by Gasteiger charge is 2.20.